The first kappa shape index (κ1) is 17.1. The average Bonchev–Trinajstić information content (AvgIpc) is 3.51. The maximum Gasteiger partial charge on any atom is 0.0237 e. The molecule has 7 rings (SSSR count). The minimum absolute atomic E-state index is 0.185. The van der Waals surface area contributed by atoms with Crippen LogP contribution in [0.5, 0.6) is 0 Å². The fourth-order valence-electron chi connectivity index (χ4n) is 7.91. The first-order valence-corrected chi connectivity index (χ1v) is 11.8. The molecule has 0 heterocycles. The van der Waals surface area contributed by atoms with E-state index in [2.05, 4.69) is 84.9 Å². The van der Waals surface area contributed by atoms with Gasteiger partial charge < -0.3 is 0 Å². The maximum absolute atomic E-state index is 2.52. The van der Waals surface area contributed by atoms with E-state index in [-0.39, 0.29) is 5.41 Å². The molecule has 0 saturated heterocycles. The molecule has 148 valence electrons. The molecule has 0 N–H and O–H groups in total. The standard InChI is InChI=1S/C30H28/c1-3-8-22-16-25(14-12-20(22)6-1)30(19-24-18-29(30)28-11-5-10-27(24)28)26-15-13-21-7-2-4-9-23(21)17-26/h1-4,6-9,12-17,24,27-29H,5,10-11,18-19H2. The fraction of sp³-hybridized carbons (Fsp3) is 0.333. The number of hydrogen-bond acceptors (Lipinski definition) is 0. The predicted molar refractivity (Wildman–Crippen MR) is 126 cm³/mol. The van der Waals surface area contributed by atoms with E-state index in [9.17, 15) is 0 Å². The van der Waals surface area contributed by atoms with Gasteiger partial charge in [-0.2, -0.15) is 0 Å². The van der Waals surface area contributed by atoms with E-state index in [1.54, 1.807) is 11.1 Å². The Morgan fingerprint density at radius 1 is 0.600 bits per heavy atom. The third kappa shape index (κ3) is 2.23. The van der Waals surface area contributed by atoms with Gasteiger partial charge in [0, 0.05) is 5.41 Å². The van der Waals surface area contributed by atoms with Crippen molar-refractivity contribution in [1.82, 2.24) is 0 Å². The molecular weight excluding hydrogens is 360 g/mol. The summed E-state index contributed by atoms with van der Waals surface area (Å²) in [5.41, 5.74) is 3.31. The van der Waals surface area contributed by atoms with Gasteiger partial charge in [0.15, 0.2) is 0 Å². The molecule has 4 unspecified atom stereocenters. The summed E-state index contributed by atoms with van der Waals surface area (Å²) >= 11 is 0. The summed E-state index contributed by atoms with van der Waals surface area (Å²) in [5, 5.41) is 5.50. The molecule has 3 aliphatic carbocycles. The van der Waals surface area contributed by atoms with Gasteiger partial charge >= 0.3 is 0 Å². The second kappa shape index (κ2) is 6.20. The Balaban J connectivity index is 1.47. The van der Waals surface area contributed by atoms with Crippen molar-refractivity contribution in [1.29, 1.82) is 0 Å². The van der Waals surface area contributed by atoms with E-state index < -0.39 is 0 Å². The Bertz CT molecular complexity index is 1190. The lowest BCUT2D eigenvalue weighted by molar-refractivity contribution is 0.181. The number of hydrogen-bond donors (Lipinski definition) is 0. The zero-order valence-corrected chi connectivity index (χ0v) is 17.4. The van der Waals surface area contributed by atoms with E-state index in [1.165, 1.54) is 53.6 Å². The van der Waals surface area contributed by atoms with Crippen molar-refractivity contribution in [2.75, 3.05) is 0 Å². The van der Waals surface area contributed by atoms with E-state index in [1.807, 2.05) is 0 Å². The molecule has 30 heavy (non-hydrogen) atoms. The van der Waals surface area contributed by atoms with Crippen LogP contribution in [0.1, 0.15) is 43.2 Å². The van der Waals surface area contributed by atoms with Crippen molar-refractivity contribution < 1.29 is 0 Å². The van der Waals surface area contributed by atoms with Crippen LogP contribution >= 0.6 is 0 Å². The largest absolute Gasteiger partial charge is 0.0616 e. The Morgan fingerprint density at radius 3 is 1.80 bits per heavy atom. The highest BCUT2D eigenvalue weighted by molar-refractivity contribution is 5.85. The van der Waals surface area contributed by atoms with Crippen LogP contribution in [0.4, 0.5) is 0 Å². The van der Waals surface area contributed by atoms with Crippen molar-refractivity contribution in [3.05, 3.63) is 96.1 Å². The Hall–Kier alpha value is -2.60. The summed E-state index contributed by atoms with van der Waals surface area (Å²) in [7, 11) is 0. The fourth-order valence-corrected chi connectivity index (χ4v) is 7.91. The van der Waals surface area contributed by atoms with Gasteiger partial charge in [-0.3, -0.25) is 0 Å². The lowest BCUT2D eigenvalue weighted by Gasteiger charge is -2.44. The molecule has 0 radical (unpaired) electrons. The first-order valence-electron chi connectivity index (χ1n) is 11.8. The van der Waals surface area contributed by atoms with Crippen molar-refractivity contribution in [3.8, 4) is 0 Å². The number of rotatable bonds is 2. The monoisotopic (exact) mass is 388 g/mol. The highest BCUT2D eigenvalue weighted by atomic mass is 14.7. The number of benzene rings is 4. The molecule has 0 aliphatic heterocycles. The van der Waals surface area contributed by atoms with Gasteiger partial charge in [-0.25, -0.2) is 0 Å². The average molecular weight is 389 g/mol. The topological polar surface area (TPSA) is 0 Å². The van der Waals surface area contributed by atoms with E-state index in [4.69, 9.17) is 0 Å². The Labute approximate surface area is 178 Å². The molecule has 3 aliphatic rings. The summed E-state index contributed by atoms with van der Waals surface area (Å²) in [6.45, 7) is 0. The zero-order chi connectivity index (χ0) is 19.7. The molecule has 3 fully saturated rings. The van der Waals surface area contributed by atoms with Gasteiger partial charge in [0.25, 0.3) is 0 Å². The SMILES string of the molecule is c1ccc2cc(C3(c4ccc5ccccc5c4)CC4CC3C3CCCC43)ccc2c1. The molecule has 0 nitrogen and oxygen atoms in total. The summed E-state index contributed by atoms with van der Waals surface area (Å²) in [6, 6.07) is 32.4. The van der Waals surface area contributed by atoms with Gasteiger partial charge in [0.1, 0.15) is 0 Å². The second-order valence-corrected chi connectivity index (χ2v) is 10.2. The molecule has 0 spiro atoms. The third-order valence-corrected chi connectivity index (χ3v) is 9.05. The minimum atomic E-state index is 0.185. The molecule has 4 atom stereocenters. The van der Waals surface area contributed by atoms with Gasteiger partial charge in [0.05, 0.1) is 0 Å². The van der Waals surface area contributed by atoms with Crippen LogP contribution in [0, 0.1) is 23.7 Å². The lowest BCUT2D eigenvalue weighted by Crippen LogP contribution is -2.40. The molecule has 3 saturated carbocycles. The molecule has 0 aromatic heterocycles. The quantitative estimate of drug-likeness (QED) is 0.329. The van der Waals surface area contributed by atoms with Crippen LogP contribution in [-0.2, 0) is 5.41 Å². The van der Waals surface area contributed by atoms with Gasteiger partial charge in [-0.1, -0.05) is 91.3 Å². The Morgan fingerprint density at radius 2 is 1.17 bits per heavy atom. The normalized spacial score (nSPS) is 28.9. The zero-order valence-electron chi connectivity index (χ0n) is 17.4. The third-order valence-electron chi connectivity index (χ3n) is 9.05. The summed E-state index contributed by atoms with van der Waals surface area (Å²) in [4.78, 5) is 0. The number of fused-ring (bicyclic) bond motifs is 7. The highest BCUT2D eigenvalue weighted by Gasteiger charge is 2.61. The van der Waals surface area contributed by atoms with Gasteiger partial charge in [-0.05, 0) is 82.0 Å². The van der Waals surface area contributed by atoms with E-state index in [0.717, 1.165) is 23.7 Å². The highest BCUT2D eigenvalue weighted by Crippen LogP contribution is 2.68. The van der Waals surface area contributed by atoms with Crippen molar-refractivity contribution >= 4 is 21.5 Å². The smallest absolute Gasteiger partial charge is 0.0237 e. The van der Waals surface area contributed by atoms with Crippen LogP contribution in [0.3, 0.4) is 0 Å². The maximum atomic E-state index is 2.52. The van der Waals surface area contributed by atoms with Crippen LogP contribution in [0.25, 0.3) is 21.5 Å². The molecular formula is C30H28. The van der Waals surface area contributed by atoms with Crippen molar-refractivity contribution in [3.63, 3.8) is 0 Å². The molecule has 4 aromatic carbocycles. The van der Waals surface area contributed by atoms with E-state index >= 15 is 0 Å². The molecule has 4 aromatic rings. The summed E-state index contributed by atoms with van der Waals surface area (Å²) in [6.07, 6.45) is 7.17. The van der Waals surface area contributed by atoms with Crippen molar-refractivity contribution in [2.45, 2.75) is 37.5 Å². The summed E-state index contributed by atoms with van der Waals surface area (Å²) in [5.74, 6) is 3.66. The predicted octanol–water partition coefficient (Wildman–Crippen LogP) is 7.74. The first-order chi connectivity index (χ1) is 14.8. The lowest BCUT2D eigenvalue weighted by atomic mass is 9.59. The van der Waals surface area contributed by atoms with Crippen LogP contribution in [-0.4, -0.2) is 0 Å². The summed E-state index contributed by atoms with van der Waals surface area (Å²) < 4.78 is 0. The van der Waals surface area contributed by atoms with Gasteiger partial charge in [-0.15, -0.1) is 0 Å². The van der Waals surface area contributed by atoms with Crippen molar-refractivity contribution in [2.24, 2.45) is 23.7 Å². The Kier molecular flexibility index (Phi) is 3.54. The molecule has 0 amide bonds. The van der Waals surface area contributed by atoms with Crippen LogP contribution < -0.4 is 0 Å². The van der Waals surface area contributed by atoms with Crippen LogP contribution in [0.2, 0.25) is 0 Å². The molecule has 2 bridgehead atoms. The van der Waals surface area contributed by atoms with Crippen LogP contribution in [0.15, 0.2) is 84.9 Å². The molecule has 0 heteroatoms. The van der Waals surface area contributed by atoms with E-state index in [0.29, 0.717) is 0 Å². The van der Waals surface area contributed by atoms with Gasteiger partial charge in [0.2, 0.25) is 0 Å². The minimum Gasteiger partial charge on any atom is -0.0616 e. The second-order valence-electron chi connectivity index (χ2n) is 10.2.